The minimum absolute atomic E-state index is 0.395. The zero-order valence-corrected chi connectivity index (χ0v) is 6.65. The number of rotatable bonds is 0. The summed E-state index contributed by atoms with van der Waals surface area (Å²) in [6, 6.07) is 0.395. The summed E-state index contributed by atoms with van der Waals surface area (Å²) in [5, 5.41) is 6.03. The van der Waals surface area contributed by atoms with Crippen LogP contribution in [0.15, 0.2) is 15.1 Å². The summed E-state index contributed by atoms with van der Waals surface area (Å²) in [5.41, 5.74) is 0.962. The van der Waals surface area contributed by atoms with E-state index in [1.165, 1.54) is 0 Å². The average molecular weight is 150 g/mol. The average Bonchev–Trinajstić information content (AvgIpc) is 2.35. The molecular formula is C7H10N4. The lowest BCUT2D eigenvalue weighted by atomic mass is 10.3. The van der Waals surface area contributed by atoms with Gasteiger partial charge in [-0.2, -0.15) is 5.10 Å². The summed E-state index contributed by atoms with van der Waals surface area (Å²) in [6.45, 7) is 4.89. The molecule has 0 N–H and O–H groups in total. The second-order valence-corrected chi connectivity index (χ2v) is 2.80. The second kappa shape index (κ2) is 2.15. The van der Waals surface area contributed by atoms with Gasteiger partial charge in [-0.05, 0) is 13.8 Å². The summed E-state index contributed by atoms with van der Waals surface area (Å²) in [7, 11) is 0. The molecule has 0 aromatic heterocycles. The summed E-state index contributed by atoms with van der Waals surface area (Å²) >= 11 is 0. The number of aliphatic imine (C=N–C) groups is 2. The van der Waals surface area contributed by atoms with Crippen LogP contribution in [0.25, 0.3) is 0 Å². The van der Waals surface area contributed by atoms with E-state index in [9.17, 15) is 0 Å². The van der Waals surface area contributed by atoms with Crippen LogP contribution < -0.4 is 0 Å². The summed E-state index contributed by atoms with van der Waals surface area (Å²) in [6.07, 6.45) is 1.58. The number of amidine groups is 1. The van der Waals surface area contributed by atoms with Crippen molar-refractivity contribution in [2.45, 2.75) is 19.9 Å². The molecule has 0 spiro atoms. The van der Waals surface area contributed by atoms with Crippen molar-refractivity contribution in [1.29, 1.82) is 0 Å². The van der Waals surface area contributed by atoms with Gasteiger partial charge in [0.05, 0.1) is 18.3 Å². The molecule has 0 saturated heterocycles. The largest absolute Gasteiger partial charge is 0.263 e. The van der Waals surface area contributed by atoms with Gasteiger partial charge in [-0.25, -0.2) is 10.0 Å². The quantitative estimate of drug-likeness (QED) is 0.496. The minimum Gasteiger partial charge on any atom is -0.263 e. The van der Waals surface area contributed by atoms with E-state index in [0.717, 1.165) is 18.1 Å². The Morgan fingerprint density at radius 2 is 2.45 bits per heavy atom. The topological polar surface area (TPSA) is 40.3 Å². The molecule has 0 aliphatic carbocycles. The first-order chi connectivity index (χ1) is 5.29. The first-order valence-electron chi connectivity index (χ1n) is 3.70. The zero-order valence-electron chi connectivity index (χ0n) is 6.65. The fourth-order valence-electron chi connectivity index (χ4n) is 1.25. The third-order valence-electron chi connectivity index (χ3n) is 1.89. The highest BCUT2D eigenvalue weighted by molar-refractivity contribution is 6.42. The Balaban J connectivity index is 2.35. The third kappa shape index (κ3) is 0.859. The molecule has 0 saturated carbocycles. The van der Waals surface area contributed by atoms with Gasteiger partial charge in [0, 0.05) is 0 Å². The van der Waals surface area contributed by atoms with Crippen molar-refractivity contribution < 1.29 is 0 Å². The number of fused-ring (bicyclic) bond motifs is 1. The number of hydrazone groups is 1. The van der Waals surface area contributed by atoms with Gasteiger partial charge in [-0.1, -0.05) is 0 Å². The highest BCUT2D eigenvalue weighted by Gasteiger charge is 2.26. The van der Waals surface area contributed by atoms with Crippen molar-refractivity contribution in [3.8, 4) is 0 Å². The fraction of sp³-hybridized carbons (Fsp3) is 0.571. The predicted molar refractivity (Wildman–Crippen MR) is 45.2 cm³/mol. The van der Waals surface area contributed by atoms with E-state index in [1.807, 2.05) is 11.9 Å². The standard InChI is InChI=1S/C7H10N4/c1-5-3-8-7-6(2)9-4-10-11(5)7/h4-5H,3H2,1-2H3. The molecule has 1 atom stereocenters. The predicted octanol–water partition coefficient (Wildman–Crippen LogP) is 0.507. The molecule has 2 heterocycles. The first-order valence-corrected chi connectivity index (χ1v) is 3.70. The monoisotopic (exact) mass is 150 g/mol. The molecule has 4 nitrogen and oxygen atoms in total. The van der Waals surface area contributed by atoms with E-state index in [-0.39, 0.29) is 0 Å². The molecule has 0 radical (unpaired) electrons. The van der Waals surface area contributed by atoms with E-state index in [2.05, 4.69) is 22.0 Å². The Bertz CT molecular complexity index is 264. The Labute approximate surface area is 65.3 Å². The second-order valence-electron chi connectivity index (χ2n) is 2.80. The van der Waals surface area contributed by atoms with Gasteiger partial charge >= 0.3 is 0 Å². The molecular weight excluding hydrogens is 140 g/mol. The normalized spacial score (nSPS) is 28.2. The lowest BCUT2D eigenvalue weighted by Crippen LogP contribution is -2.35. The van der Waals surface area contributed by atoms with E-state index >= 15 is 0 Å². The molecule has 0 amide bonds. The Hall–Kier alpha value is -1.19. The van der Waals surface area contributed by atoms with Crippen molar-refractivity contribution in [3.05, 3.63) is 0 Å². The number of nitrogens with zero attached hydrogens (tertiary/aromatic N) is 4. The highest BCUT2D eigenvalue weighted by atomic mass is 15.5. The van der Waals surface area contributed by atoms with Crippen LogP contribution in [0.4, 0.5) is 0 Å². The smallest absolute Gasteiger partial charge is 0.166 e. The Morgan fingerprint density at radius 1 is 1.64 bits per heavy atom. The lowest BCUT2D eigenvalue weighted by molar-refractivity contribution is 0.386. The van der Waals surface area contributed by atoms with E-state index in [4.69, 9.17) is 0 Å². The van der Waals surface area contributed by atoms with Gasteiger partial charge in [0.25, 0.3) is 0 Å². The maximum Gasteiger partial charge on any atom is 0.166 e. The van der Waals surface area contributed by atoms with Crippen molar-refractivity contribution >= 4 is 17.9 Å². The molecule has 4 heteroatoms. The molecule has 11 heavy (non-hydrogen) atoms. The first kappa shape index (κ1) is 6.52. The van der Waals surface area contributed by atoms with E-state index in [0.29, 0.717) is 6.04 Å². The van der Waals surface area contributed by atoms with Crippen molar-refractivity contribution in [2.75, 3.05) is 6.54 Å². The number of hydrogen-bond donors (Lipinski definition) is 0. The molecule has 2 rings (SSSR count). The molecule has 2 aliphatic rings. The summed E-state index contributed by atoms with van der Waals surface area (Å²) in [5.74, 6) is 0.931. The minimum atomic E-state index is 0.395. The van der Waals surface area contributed by atoms with Gasteiger partial charge in [0.2, 0.25) is 0 Å². The van der Waals surface area contributed by atoms with Gasteiger partial charge in [0.1, 0.15) is 6.34 Å². The van der Waals surface area contributed by atoms with Crippen LogP contribution in [0.5, 0.6) is 0 Å². The van der Waals surface area contributed by atoms with Crippen LogP contribution in [-0.2, 0) is 0 Å². The molecule has 0 aromatic carbocycles. The van der Waals surface area contributed by atoms with Crippen molar-refractivity contribution in [1.82, 2.24) is 5.01 Å². The van der Waals surface area contributed by atoms with Crippen LogP contribution in [0.2, 0.25) is 0 Å². The van der Waals surface area contributed by atoms with Crippen LogP contribution >= 0.6 is 0 Å². The van der Waals surface area contributed by atoms with E-state index in [1.54, 1.807) is 6.34 Å². The molecule has 0 aromatic rings. The molecule has 2 aliphatic heterocycles. The molecule has 0 fully saturated rings. The zero-order chi connectivity index (χ0) is 7.84. The maximum atomic E-state index is 4.32. The summed E-state index contributed by atoms with van der Waals surface area (Å²) in [4.78, 5) is 8.38. The molecule has 1 unspecified atom stereocenters. The summed E-state index contributed by atoms with van der Waals surface area (Å²) < 4.78 is 0. The molecule has 0 bridgehead atoms. The van der Waals surface area contributed by atoms with E-state index < -0.39 is 0 Å². The third-order valence-corrected chi connectivity index (χ3v) is 1.89. The van der Waals surface area contributed by atoms with Gasteiger partial charge in [0.15, 0.2) is 5.84 Å². The SMILES string of the molecule is CC1=NC=NN2C1=NCC2C. The Morgan fingerprint density at radius 3 is 3.18 bits per heavy atom. The van der Waals surface area contributed by atoms with Crippen LogP contribution in [-0.4, -0.2) is 35.5 Å². The van der Waals surface area contributed by atoms with Crippen molar-refractivity contribution in [2.24, 2.45) is 15.1 Å². The van der Waals surface area contributed by atoms with Crippen LogP contribution in [0.1, 0.15) is 13.8 Å². The fourth-order valence-corrected chi connectivity index (χ4v) is 1.25. The van der Waals surface area contributed by atoms with Crippen LogP contribution in [0, 0.1) is 0 Å². The van der Waals surface area contributed by atoms with Crippen LogP contribution in [0.3, 0.4) is 0 Å². The van der Waals surface area contributed by atoms with Gasteiger partial charge in [-0.15, -0.1) is 0 Å². The number of hydrogen-bond acceptors (Lipinski definition) is 4. The molecule has 58 valence electrons. The maximum absolute atomic E-state index is 4.32. The van der Waals surface area contributed by atoms with Crippen molar-refractivity contribution in [3.63, 3.8) is 0 Å². The Kier molecular flexibility index (Phi) is 1.27. The lowest BCUT2D eigenvalue weighted by Gasteiger charge is -2.20. The highest BCUT2D eigenvalue weighted by Crippen LogP contribution is 2.13. The van der Waals surface area contributed by atoms with Gasteiger partial charge < -0.3 is 0 Å². The van der Waals surface area contributed by atoms with Gasteiger partial charge in [-0.3, -0.25) is 4.99 Å².